The molecule has 1 aromatic carbocycles. The first-order valence-corrected chi connectivity index (χ1v) is 7.26. The Bertz CT molecular complexity index is 765. The molecule has 21 heavy (non-hydrogen) atoms. The Kier molecular flexibility index (Phi) is 3.17. The number of nitrogens with two attached hydrogens (primary N) is 1. The summed E-state index contributed by atoms with van der Waals surface area (Å²) in [6, 6.07) is 5.00. The molecule has 3 rings (SSSR count). The molecule has 0 bridgehead atoms. The summed E-state index contributed by atoms with van der Waals surface area (Å²) < 4.78 is 5.28. The van der Waals surface area contributed by atoms with Crippen molar-refractivity contribution in [2.75, 3.05) is 17.7 Å². The first-order valence-electron chi connectivity index (χ1n) is 6.44. The van der Waals surface area contributed by atoms with Gasteiger partial charge < -0.3 is 15.8 Å². The van der Waals surface area contributed by atoms with Crippen LogP contribution >= 0.6 is 11.3 Å². The van der Waals surface area contributed by atoms with Crippen LogP contribution in [0.25, 0.3) is 0 Å². The molecule has 0 unspecified atom stereocenters. The molecule has 0 aliphatic carbocycles. The number of rotatable bonds is 2. The molecule has 1 amide bonds. The quantitative estimate of drug-likeness (QED) is 0.835. The number of ketones is 1. The van der Waals surface area contributed by atoms with Crippen molar-refractivity contribution in [3.63, 3.8) is 0 Å². The molecule has 0 atom stereocenters. The molecule has 1 aliphatic heterocycles. The Morgan fingerprint density at radius 3 is 2.81 bits per heavy atom. The summed E-state index contributed by atoms with van der Waals surface area (Å²) in [5, 5.41) is 3.22. The number of hydrogen-bond donors (Lipinski definition) is 2. The summed E-state index contributed by atoms with van der Waals surface area (Å²) in [4.78, 5) is 25.0. The van der Waals surface area contributed by atoms with E-state index in [-0.39, 0.29) is 18.3 Å². The van der Waals surface area contributed by atoms with Crippen molar-refractivity contribution < 1.29 is 14.3 Å². The van der Waals surface area contributed by atoms with Crippen LogP contribution < -0.4 is 15.8 Å². The number of amides is 1. The standard InChI is InChI=1S/C15H14N2O3S/c1-7-8(2)21-15(16)13(7)14(19)9-3-4-11-10(5-9)17-12(18)6-20-11/h3-5H,6,16H2,1-2H3,(H,17,18). The summed E-state index contributed by atoms with van der Waals surface area (Å²) in [5.74, 6) is 0.198. The molecule has 5 nitrogen and oxygen atoms in total. The van der Waals surface area contributed by atoms with E-state index in [1.54, 1.807) is 18.2 Å². The Morgan fingerprint density at radius 1 is 1.38 bits per heavy atom. The number of carbonyl (C=O) groups excluding carboxylic acids is 2. The number of nitrogens with one attached hydrogen (secondary N) is 1. The zero-order valence-corrected chi connectivity index (χ0v) is 12.5. The lowest BCUT2D eigenvalue weighted by molar-refractivity contribution is -0.118. The van der Waals surface area contributed by atoms with Gasteiger partial charge in [0, 0.05) is 10.4 Å². The van der Waals surface area contributed by atoms with E-state index in [4.69, 9.17) is 10.5 Å². The molecule has 108 valence electrons. The molecule has 6 heteroatoms. The maximum atomic E-state index is 12.6. The minimum atomic E-state index is -0.228. The molecular formula is C15H14N2O3S. The largest absolute Gasteiger partial charge is 0.482 e. The van der Waals surface area contributed by atoms with Crippen LogP contribution in [-0.4, -0.2) is 18.3 Å². The van der Waals surface area contributed by atoms with Gasteiger partial charge in [-0.1, -0.05) is 0 Å². The molecule has 0 fully saturated rings. The number of fused-ring (bicyclic) bond motifs is 1. The first kappa shape index (κ1) is 13.6. The summed E-state index contributed by atoms with van der Waals surface area (Å²) in [5.41, 5.74) is 8.38. The molecular weight excluding hydrogens is 288 g/mol. The topological polar surface area (TPSA) is 81.4 Å². The highest BCUT2D eigenvalue weighted by Crippen LogP contribution is 2.34. The van der Waals surface area contributed by atoms with Crippen LogP contribution in [0.4, 0.5) is 10.7 Å². The molecule has 2 heterocycles. The number of aryl methyl sites for hydroxylation is 1. The van der Waals surface area contributed by atoms with E-state index in [1.807, 2.05) is 13.8 Å². The number of anilines is 2. The van der Waals surface area contributed by atoms with Crippen molar-refractivity contribution in [1.82, 2.24) is 0 Å². The molecule has 2 aromatic rings. The third-order valence-corrected chi connectivity index (χ3v) is 4.55. The monoisotopic (exact) mass is 302 g/mol. The fraction of sp³-hybridized carbons (Fsp3) is 0.200. The van der Waals surface area contributed by atoms with Gasteiger partial charge in [0.05, 0.1) is 16.3 Å². The van der Waals surface area contributed by atoms with Crippen LogP contribution in [0.5, 0.6) is 5.75 Å². The van der Waals surface area contributed by atoms with Crippen LogP contribution in [-0.2, 0) is 4.79 Å². The van der Waals surface area contributed by atoms with Gasteiger partial charge in [0.1, 0.15) is 5.75 Å². The van der Waals surface area contributed by atoms with Crippen molar-refractivity contribution in [3.8, 4) is 5.75 Å². The van der Waals surface area contributed by atoms with E-state index >= 15 is 0 Å². The van der Waals surface area contributed by atoms with Crippen molar-refractivity contribution in [3.05, 3.63) is 39.8 Å². The number of ether oxygens (including phenoxy) is 1. The summed E-state index contributed by atoms with van der Waals surface area (Å²) in [6.45, 7) is 3.82. The highest BCUT2D eigenvalue weighted by Gasteiger charge is 2.22. The van der Waals surface area contributed by atoms with Crippen LogP contribution in [0.1, 0.15) is 26.4 Å². The van der Waals surface area contributed by atoms with E-state index in [2.05, 4.69) is 5.32 Å². The highest BCUT2D eigenvalue weighted by molar-refractivity contribution is 7.16. The third-order valence-electron chi connectivity index (χ3n) is 3.51. The number of nitrogen functional groups attached to an aromatic ring is 1. The van der Waals surface area contributed by atoms with E-state index < -0.39 is 0 Å². The van der Waals surface area contributed by atoms with Gasteiger partial charge >= 0.3 is 0 Å². The second kappa shape index (κ2) is 4.89. The predicted molar refractivity (Wildman–Crippen MR) is 82.2 cm³/mol. The SMILES string of the molecule is Cc1sc(N)c(C(=O)c2ccc3c(c2)NC(=O)CO3)c1C. The van der Waals surface area contributed by atoms with Gasteiger partial charge in [-0.3, -0.25) is 9.59 Å². The van der Waals surface area contributed by atoms with Crippen molar-refractivity contribution >= 4 is 33.7 Å². The smallest absolute Gasteiger partial charge is 0.262 e. The minimum Gasteiger partial charge on any atom is -0.482 e. The lowest BCUT2D eigenvalue weighted by Crippen LogP contribution is -2.25. The summed E-state index contributed by atoms with van der Waals surface area (Å²) in [7, 11) is 0. The van der Waals surface area contributed by atoms with Crippen molar-refractivity contribution in [2.24, 2.45) is 0 Å². The predicted octanol–water partition coefficient (Wildman–Crippen LogP) is 2.51. The van der Waals surface area contributed by atoms with Crippen LogP contribution in [0.3, 0.4) is 0 Å². The number of thiophene rings is 1. The van der Waals surface area contributed by atoms with Gasteiger partial charge in [-0.05, 0) is 37.6 Å². The van der Waals surface area contributed by atoms with Crippen LogP contribution in [0.2, 0.25) is 0 Å². The van der Waals surface area contributed by atoms with Crippen molar-refractivity contribution in [1.29, 1.82) is 0 Å². The fourth-order valence-corrected chi connectivity index (χ4v) is 3.24. The summed E-state index contributed by atoms with van der Waals surface area (Å²) in [6.07, 6.45) is 0. The van der Waals surface area contributed by atoms with E-state index in [0.717, 1.165) is 10.4 Å². The average Bonchev–Trinajstić information content (AvgIpc) is 2.70. The Morgan fingerprint density at radius 2 is 2.14 bits per heavy atom. The van der Waals surface area contributed by atoms with Gasteiger partial charge in [-0.15, -0.1) is 11.3 Å². The van der Waals surface area contributed by atoms with E-state index in [1.165, 1.54) is 11.3 Å². The normalized spacial score (nSPS) is 13.3. The molecule has 1 aromatic heterocycles. The molecule has 0 spiro atoms. The Labute approximate surface area is 125 Å². The van der Waals surface area contributed by atoms with Gasteiger partial charge in [-0.2, -0.15) is 0 Å². The molecule has 0 saturated heterocycles. The lowest BCUT2D eigenvalue weighted by atomic mass is 10.0. The minimum absolute atomic E-state index is 0.00389. The maximum Gasteiger partial charge on any atom is 0.262 e. The average molecular weight is 302 g/mol. The second-order valence-corrected chi connectivity index (χ2v) is 6.16. The second-order valence-electron chi connectivity index (χ2n) is 4.90. The molecule has 1 aliphatic rings. The van der Waals surface area contributed by atoms with Gasteiger partial charge in [0.25, 0.3) is 5.91 Å². The van der Waals surface area contributed by atoms with Gasteiger partial charge in [0.15, 0.2) is 12.4 Å². The highest BCUT2D eigenvalue weighted by atomic mass is 32.1. The third kappa shape index (κ3) is 2.27. The van der Waals surface area contributed by atoms with Crippen LogP contribution in [0, 0.1) is 13.8 Å². The zero-order valence-electron chi connectivity index (χ0n) is 11.6. The zero-order chi connectivity index (χ0) is 15.1. The van der Waals surface area contributed by atoms with Gasteiger partial charge in [-0.25, -0.2) is 0 Å². The Hall–Kier alpha value is -2.34. The molecule has 0 saturated carbocycles. The number of hydrogen-bond acceptors (Lipinski definition) is 5. The fourth-order valence-electron chi connectivity index (χ4n) is 2.30. The summed E-state index contributed by atoms with van der Waals surface area (Å²) >= 11 is 1.41. The van der Waals surface area contributed by atoms with Crippen LogP contribution in [0.15, 0.2) is 18.2 Å². The lowest BCUT2D eigenvalue weighted by Gasteiger charge is -2.18. The number of benzene rings is 1. The first-order chi connectivity index (χ1) is 9.97. The number of carbonyl (C=O) groups is 2. The van der Waals surface area contributed by atoms with E-state index in [0.29, 0.717) is 27.6 Å². The van der Waals surface area contributed by atoms with Gasteiger partial charge in [0.2, 0.25) is 0 Å². The Balaban J connectivity index is 2.03. The van der Waals surface area contributed by atoms with E-state index in [9.17, 15) is 9.59 Å². The maximum absolute atomic E-state index is 12.6. The molecule has 0 radical (unpaired) electrons. The molecule has 3 N–H and O–H groups in total. The van der Waals surface area contributed by atoms with Crippen molar-refractivity contribution in [2.45, 2.75) is 13.8 Å².